The van der Waals surface area contributed by atoms with Crippen LogP contribution in [0.1, 0.15) is 32.6 Å². The fraction of sp³-hybridized carbons (Fsp3) is 0.600. The molecule has 0 spiro atoms. The second kappa shape index (κ2) is 5.00. The molecule has 1 nitrogen and oxygen atoms in total. The number of hydrogen-bond acceptors (Lipinski definition) is 1. The monoisotopic (exact) mass is 152 g/mol. The molecule has 0 aromatic heterocycles. The van der Waals surface area contributed by atoms with E-state index in [0.717, 1.165) is 13.0 Å². The number of hydrogen-bond donors (Lipinski definition) is 0. The van der Waals surface area contributed by atoms with E-state index in [9.17, 15) is 0 Å². The van der Waals surface area contributed by atoms with Gasteiger partial charge in [-0.25, -0.2) is 0 Å². The lowest BCUT2D eigenvalue weighted by Crippen LogP contribution is -1.96. The first-order valence-corrected chi connectivity index (χ1v) is 4.36. The second-order valence-electron chi connectivity index (χ2n) is 2.80. The lowest BCUT2D eigenvalue weighted by Gasteiger charge is -2.12. The van der Waals surface area contributed by atoms with E-state index < -0.39 is 0 Å². The smallest absolute Gasteiger partial charge is 0.106 e. The summed E-state index contributed by atoms with van der Waals surface area (Å²) in [6.07, 6.45) is 11.2. The van der Waals surface area contributed by atoms with Crippen LogP contribution in [0.2, 0.25) is 0 Å². The SMILES string of the molecule is C/C=C\COC1=CCCCC1. The molecule has 0 N–H and O–H groups in total. The molecule has 0 saturated heterocycles. The summed E-state index contributed by atoms with van der Waals surface area (Å²) >= 11 is 0. The van der Waals surface area contributed by atoms with Crippen LogP contribution in [-0.4, -0.2) is 6.61 Å². The molecule has 1 aliphatic carbocycles. The molecule has 0 radical (unpaired) electrons. The molecular weight excluding hydrogens is 136 g/mol. The highest BCUT2D eigenvalue weighted by Crippen LogP contribution is 2.17. The fourth-order valence-electron chi connectivity index (χ4n) is 1.19. The van der Waals surface area contributed by atoms with Crippen molar-refractivity contribution in [2.45, 2.75) is 32.6 Å². The molecule has 0 bridgehead atoms. The Hall–Kier alpha value is -0.720. The van der Waals surface area contributed by atoms with Crippen LogP contribution in [-0.2, 0) is 4.74 Å². The zero-order chi connectivity index (χ0) is 7.94. The minimum atomic E-state index is 0.738. The van der Waals surface area contributed by atoms with Gasteiger partial charge in [0.25, 0.3) is 0 Å². The minimum Gasteiger partial charge on any atom is -0.494 e. The molecule has 11 heavy (non-hydrogen) atoms. The van der Waals surface area contributed by atoms with Crippen LogP contribution in [0, 0.1) is 0 Å². The zero-order valence-electron chi connectivity index (χ0n) is 7.18. The van der Waals surface area contributed by atoms with Crippen molar-refractivity contribution in [3.05, 3.63) is 24.0 Å². The van der Waals surface area contributed by atoms with Gasteiger partial charge in [-0.3, -0.25) is 0 Å². The van der Waals surface area contributed by atoms with Crippen molar-refractivity contribution in [1.29, 1.82) is 0 Å². The summed E-state index contributed by atoms with van der Waals surface area (Å²) in [5.74, 6) is 1.19. The number of ether oxygens (including phenoxy) is 1. The van der Waals surface area contributed by atoms with Crippen LogP contribution in [0.5, 0.6) is 0 Å². The van der Waals surface area contributed by atoms with Gasteiger partial charge in [0, 0.05) is 6.42 Å². The summed E-state index contributed by atoms with van der Waals surface area (Å²) in [5.41, 5.74) is 0. The van der Waals surface area contributed by atoms with Crippen LogP contribution in [0.25, 0.3) is 0 Å². The molecule has 0 aliphatic heterocycles. The third-order valence-corrected chi connectivity index (χ3v) is 1.85. The molecular formula is C10H16O. The third kappa shape index (κ3) is 3.26. The molecule has 1 aliphatic rings. The molecule has 0 saturated carbocycles. The van der Waals surface area contributed by atoms with Gasteiger partial charge in [-0.15, -0.1) is 0 Å². The van der Waals surface area contributed by atoms with Crippen LogP contribution in [0.15, 0.2) is 24.0 Å². The highest BCUT2D eigenvalue weighted by atomic mass is 16.5. The first-order valence-electron chi connectivity index (χ1n) is 4.36. The van der Waals surface area contributed by atoms with Gasteiger partial charge in [-0.05, 0) is 32.3 Å². The van der Waals surface area contributed by atoms with E-state index in [1.165, 1.54) is 25.0 Å². The standard InChI is InChI=1S/C10H16O/c1-2-3-9-11-10-7-5-4-6-8-10/h2-3,7H,4-6,8-9H2,1H3/b3-2-. The Balaban J connectivity index is 2.19. The van der Waals surface area contributed by atoms with E-state index in [-0.39, 0.29) is 0 Å². The Labute approximate surface area is 68.8 Å². The summed E-state index contributed by atoms with van der Waals surface area (Å²) < 4.78 is 5.50. The first-order chi connectivity index (χ1) is 5.43. The quantitative estimate of drug-likeness (QED) is 0.565. The maximum absolute atomic E-state index is 5.50. The van der Waals surface area contributed by atoms with Gasteiger partial charge in [0.1, 0.15) is 6.61 Å². The number of allylic oxidation sites excluding steroid dienone is 3. The fourth-order valence-corrected chi connectivity index (χ4v) is 1.19. The van der Waals surface area contributed by atoms with Crippen molar-refractivity contribution in [2.75, 3.05) is 6.61 Å². The van der Waals surface area contributed by atoms with E-state index in [2.05, 4.69) is 6.08 Å². The third-order valence-electron chi connectivity index (χ3n) is 1.85. The summed E-state index contributed by atoms with van der Waals surface area (Å²) in [4.78, 5) is 0. The van der Waals surface area contributed by atoms with E-state index in [0.29, 0.717) is 0 Å². The van der Waals surface area contributed by atoms with Gasteiger partial charge < -0.3 is 4.74 Å². The second-order valence-corrected chi connectivity index (χ2v) is 2.80. The van der Waals surface area contributed by atoms with Crippen molar-refractivity contribution in [1.82, 2.24) is 0 Å². The van der Waals surface area contributed by atoms with Gasteiger partial charge in [0.05, 0.1) is 5.76 Å². The van der Waals surface area contributed by atoms with Crippen molar-refractivity contribution < 1.29 is 4.74 Å². The summed E-state index contributed by atoms with van der Waals surface area (Å²) in [6, 6.07) is 0. The number of rotatable bonds is 3. The molecule has 1 heteroatoms. The summed E-state index contributed by atoms with van der Waals surface area (Å²) in [5, 5.41) is 0. The molecule has 0 heterocycles. The Morgan fingerprint density at radius 3 is 3.09 bits per heavy atom. The van der Waals surface area contributed by atoms with Gasteiger partial charge in [-0.2, -0.15) is 0 Å². The molecule has 0 atom stereocenters. The van der Waals surface area contributed by atoms with Crippen molar-refractivity contribution in [3.8, 4) is 0 Å². The molecule has 0 aromatic carbocycles. The normalized spacial score (nSPS) is 18.5. The van der Waals surface area contributed by atoms with Crippen molar-refractivity contribution >= 4 is 0 Å². The van der Waals surface area contributed by atoms with Crippen LogP contribution in [0.4, 0.5) is 0 Å². The molecule has 62 valence electrons. The Morgan fingerprint density at radius 2 is 2.45 bits per heavy atom. The van der Waals surface area contributed by atoms with Gasteiger partial charge >= 0.3 is 0 Å². The van der Waals surface area contributed by atoms with E-state index in [1.807, 2.05) is 19.1 Å². The van der Waals surface area contributed by atoms with Gasteiger partial charge in [-0.1, -0.05) is 12.2 Å². The maximum atomic E-state index is 5.50. The molecule has 0 aromatic rings. The highest BCUT2D eigenvalue weighted by Gasteiger charge is 2.02. The molecule has 0 fully saturated rings. The summed E-state index contributed by atoms with van der Waals surface area (Å²) in [7, 11) is 0. The van der Waals surface area contributed by atoms with Gasteiger partial charge in [0.2, 0.25) is 0 Å². The first kappa shape index (κ1) is 8.38. The molecule has 0 amide bonds. The maximum Gasteiger partial charge on any atom is 0.106 e. The minimum absolute atomic E-state index is 0.738. The van der Waals surface area contributed by atoms with Crippen LogP contribution >= 0.6 is 0 Å². The highest BCUT2D eigenvalue weighted by molar-refractivity contribution is 4.97. The summed E-state index contributed by atoms with van der Waals surface area (Å²) in [6.45, 7) is 2.75. The largest absolute Gasteiger partial charge is 0.494 e. The van der Waals surface area contributed by atoms with Gasteiger partial charge in [0.15, 0.2) is 0 Å². The van der Waals surface area contributed by atoms with Crippen LogP contribution in [0.3, 0.4) is 0 Å². The van der Waals surface area contributed by atoms with E-state index in [1.54, 1.807) is 0 Å². The molecule has 1 rings (SSSR count). The topological polar surface area (TPSA) is 9.23 Å². The Morgan fingerprint density at radius 1 is 1.55 bits per heavy atom. The van der Waals surface area contributed by atoms with Crippen molar-refractivity contribution in [3.63, 3.8) is 0 Å². The predicted molar refractivity (Wildman–Crippen MR) is 47.3 cm³/mol. The zero-order valence-corrected chi connectivity index (χ0v) is 7.18. The molecule has 0 unspecified atom stereocenters. The Bertz CT molecular complexity index is 156. The van der Waals surface area contributed by atoms with E-state index in [4.69, 9.17) is 4.74 Å². The lowest BCUT2D eigenvalue weighted by molar-refractivity contribution is 0.227. The van der Waals surface area contributed by atoms with Crippen molar-refractivity contribution in [2.24, 2.45) is 0 Å². The lowest BCUT2D eigenvalue weighted by atomic mass is 10.1. The van der Waals surface area contributed by atoms with E-state index >= 15 is 0 Å². The Kier molecular flexibility index (Phi) is 3.81. The average Bonchev–Trinajstić information content (AvgIpc) is 2.07. The predicted octanol–water partition coefficient (Wildman–Crippen LogP) is 3.04. The van der Waals surface area contributed by atoms with Crippen LogP contribution < -0.4 is 0 Å². The average molecular weight is 152 g/mol.